The molecule has 1 N–H and O–H groups in total. The van der Waals surface area contributed by atoms with Gasteiger partial charge in [0, 0.05) is 23.1 Å². The summed E-state index contributed by atoms with van der Waals surface area (Å²) in [4.78, 5) is 32.2. The van der Waals surface area contributed by atoms with E-state index in [2.05, 4.69) is 10.3 Å². The highest BCUT2D eigenvalue weighted by molar-refractivity contribution is 6.37. The number of aromatic nitrogens is 1. The smallest absolute Gasteiger partial charge is 0.278 e. The lowest BCUT2D eigenvalue weighted by molar-refractivity contribution is -0.137. The standard InChI is InChI=1S/C25H22ClN3O2/c1-15-7-8-19(16(2)13-15)22-23(28-21-6-4-5-20(26)17(21)3)25(31)29(24(22)30)14-18-9-11-27-12-10-18/h4-13,28H,14H2,1-3H3. The Kier molecular flexibility index (Phi) is 5.61. The van der Waals surface area contributed by atoms with Gasteiger partial charge in [-0.05, 0) is 67.3 Å². The van der Waals surface area contributed by atoms with Crippen LogP contribution in [0.4, 0.5) is 5.69 Å². The minimum absolute atomic E-state index is 0.175. The summed E-state index contributed by atoms with van der Waals surface area (Å²) in [5.74, 6) is -0.688. The van der Waals surface area contributed by atoms with Gasteiger partial charge in [0.15, 0.2) is 0 Å². The second-order valence-electron chi connectivity index (χ2n) is 7.66. The highest BCUT2D eigenvalue weighted by atomic mass is 35.5. The Bertz CT molecular complexity index is 1220. The number of halogens is 1. The van der Waals surface area contributed by atoms with Crippen LogP contribution >= 0.6 is 11.6 Å². The zero-order valence-electron chi connectivity index (χ0n) is 17.6. The molecule has 3 aromatic rings. The van der Waals surface area contributed by atoms with Crippen molar-refractivity contribution in [2.75, 3.05) is 5.32 Å². The molecule has 4 rings (SSSR count). The Morgan fingerprint density at radius 2 is 1.71 bits per heavy atom. The van der Waals surface area contributed by atoms with Crippen molar-refractivity contribution in [3.63, 3.8) is 0 Å². The number of hydrogen-bond donors (Lipinski definition) is 1. The number of anilines is 1. The van der Waals surface area contributed by atoms with E-state index in [4.69, 9.17) is 11.6 Å². The van der Waals surface area contributed by atoms with Crippen LogP contribution in [0.15, 0.2) is 66.6 Å². The summed E-state index contributed by atoms with van der Waals surface area (Å²) < 4.78 is 0. The number of carbonyl (C=O) groups excluding carboxylic acids is 2. The van der Waals surface area contributed by atoms with Crippen LogP contribution in [0.3, 0.4) is 0 Å². The van der Waals surface area contributed by atoms with E-state index in [9.17, 15) is 9.59 Å². The number of amides is 2. The summed E-state index contributed by atoms with van der Waals surface area (Å²) in [7, 11) is 0. The van der Waals surface area contributed by atoms with E-state index in [-0.39, 0.29) is 24.1 Å². The van der Waals surface area contributed by atoms with Crippen molar-refractivity contribution in [1.29, 1.82) is 0 Å². The Morgan fingerprint density at radius 3 is 2.42 bits per heavy atom. The van der Waals surface area contributed by atoms with Crippen LogP contribution in [-0.4, -0.2) is 21.7 Å². The lowest BCUT2D eigenvalue weighted by Crippen LogP contribution is -2.32. The topological polar surface area (TPSA) is 62.3 Å². The molecule has 0 fully saturated rings. The molecule has 0 spiro atoms. The molecular formula is C25H22ClN3O2. The van der Waals surface area contributed by atoms with E-state index in [1.165, 1.54) is 4.90 Å². The van der Waals surface area contributed by atoms with Crippen molar-refractivity contribution >= 4 is 34.7 Å². The van der Waals surface area contributed by atoms with Gasteiger partial charge in [-0.2, -0.15) is 0 Å². The monoisotopic (exact) mass is 431 g/mol. The molecule has 0 radical (unpaired) electrons. The van der Waals surface area contributed by atoms with Gasteiger partial charge in [-0.15, -0.1) is 0 Å². The highest BCUT2D eigenvalue weighted by Gasteiger charge is 2.39. The van der Waals surface area contributed by atoms with Crippen molar-refractivity contribution < 1.29 is 9.59 Å². The van der Waals surface area contributed by atoms with Gasteiger partial charge in [-0.25, -0.2) is 0 Å². The molecule has 0 saturated heterocycles. The van der Waals surface area contributed by atoms with E-state index >= 15 is 0 Å². The van der Waals surface area contributed by atoms with Crippen molar-refractivity contribution in [2.45, 2.75) is 27.3 Å². The number of imide groups is 1. The van der Waals surface area contributed by atoms with Gasteiger partial charge in [0.05, 0.1) is 12.1 Å². The number of aryl methyl sites for hydroxylation is 2. The van der Waals surface area contributed by atoms with E-state index < -0.39 is 0 Å². The number of nitrogens with one attached hydrogen (secondary N) is 1. The molecule has 1 aliphatic rings. The lowest BCUT2D eigenvalue weighted by Gasteiger charge is -2.16. The number of benzene rings is 2. The van der Waals surface area contributed by atoms with Crippen LogP contribution in [0, 0.1) is 20.8 Å². The van der Waals surface area contributed by atoms with Gasteiger partial charge in [-0.1, -0.05) is 41.4 Å². The Balaban J connectivity index is 1.81. The van der Waals surface area contributed by atoms with E-state index in [1.54, 1.807) is 30.6 Å². The number of nitrogens with zero attached hydrogens (tertiary/aromatic N) is 2. The van der Waals surface area contributed by atoms with Crippen molar-refractivity contribution in [2.24, 2.45) is 0 Å². The van der Waals surface area contributed by atoms with E-state index in [0.29, 0.717) is 16.3 Å². The third-order valence-electron chi connectivity index (χ3n) is 5.44. The summed E-state index contributed by atoms with van der Waals surface area (Å²) in [5.41, 5.74) is 5.73. The molecule has 2 aromatic carbocycles. The van der Waals surface area contributed by atoms with Crippen molar-refractivity contribution in [3.05, 3.63) is 99.5 Å². The number of hydrogen-bond acceptors (Lipinski definition) is 4. The second-order valence-corrected chi connectivity index (χ2v) is 8.06. The van der Waals surface area contributed by atoms with E-state index in [1.807, 2.05) is 51.1 Å². The average Bonchev–Trinajstić information content (AvgIpc) is 2.97. The quantitative estimate of drug-likeness (QED) is 0.574. The van der Waals surface area contributed by atoms with Crippen molar-refractivity contribution in [1.82, 2.24) is 9.88 Å². The minimum atomic E-state index is -0.365. The van der Waals surface area contributed by atoms with Gasteiger partial charge >= 0.3 is 0 Å². The van der Waals surface area contributed by atoms with Crippen LogP contribution in [0.2, 0.25) is 5.02 Å². The molecule has 1 aromatic heterocycles. The fourth-order valence-electron chi connectivity index (χ4n) is 3.73. The SMILES string of the molecule is Cc1ccc(C2=C(Nc3cccc(Cl)c3C)C(=O)N(Cc3ccncc3)C2=O)c(C)c1. The molecule has 156 valence electrons. The maximum atomic E-state index is 13.5. The molecule has 1 aliphatic heterocycles. The Hall–Kier alpha value is -3.44. The summed E-state index contributed by atoms with van der Waals surface area (Å²) in [5, 5.41) is 3.79. The molecule has 2 heterocycles. The Labute approximate surface area is 186 Å². The molecular weight excluding hydrogens is 410 g/mol. The molecule has 5 nitrogen and oxygen atoms in total. The van der Waals surface area contributed by atoms with Crippen LogP contribution in [0.1, 0.15) is 27.8 Å². The zero-order chi connectivity index (χ0) is 22.1. The predicted molar refractivity (Wildman–Crippen MR) is 122 cm³/mol. The van der Waals surface area contributed by atoms with Gasteiger partial charge in [0.2, 0.25) is 0 Å². The first-order valence-corrected chi connectivity index (χ1v) is 10.3. The maximum Gasteiger partial charge on any atom is 0.278 e. The summed E-state index contributed by atoms with van der Waals surface area (Å²) in [6.45, 7) is 5.99. The molecule has 0 aliphatic carbocycles. The predicted octanol–water partition coefficient (Wildman–Crippen LogP) is 5.05. The molecule has 31 heavy (non-hydrogen) atoms. The first kappa shape index (κ1) is 20.8. The molecule has 0 bridgehead atoms. The minimum Gasteiger partial charge on any atom is -0.350 e. The first-order chi connectivity index (χ1) is 14.9. The normalized spacial score (nSPS) is 13.9. The van der Waals surface area contributed by atoms with Gasteiger partial charge in [0.25, 0.3) is 11.8 Å². The van der Waals surface area contributed by atoms with Crippen LogP contribution in [0.5, 0.6) is 0 Å². The maximum absolute atomic E-state index is 13.5. The summed E-state index contributed by atoms with van der Waals surface area (Å²) in [6.07, 6.45) is 3.29. The fraction of sp³-hybridized carbons (Fsp3) is 0.160. The largest absolute Gasteiger partial charge is 0.350 e. The van der Waals surface area contributed by atoms with Gasteiger partial charge in [0.1, 0.15) is 5.70 Å². The number of rotatable bonds is 5. The highest BCUT2D eigenvalue weighted by Crippen LogP contribution is 2.34. The molecule has 0 unspecified atom stereocenters. The third kappa shape index (κ3) is 3.97. The third-order valence-corrected chi connectivity index (χ3v) is 5.85. The van der Waals surface area contributed by atoms with Gasteiger partial charge in [-0.3, -0.25) is 19.5 Å². The summed E-state index contributed by atoms with van der Waals surface area (Å²) in [6, 6.07) is 14.9. The zero-order valence-corrected chi connectivity index (χ0v) is 18.3. The van der Waals surface area contributed by atoms with E-state index in [0.717, 1.165) is 27.8 Å². The lowest BCUT2D eigenvalue weighted by atomic mass is 9.97. The first-order valence-electron chi connectivity index (χ1n) is 9.96. The number of pyridine rings is 1. The molecule has 0 saturated carbocycles. The second kappa shape index (κ2) is 8.36. The summed E-state index contributed by atoms with van der Waals surface area (Å²) >= 11 is 6.27. The van der Waals surface area contributed by atoms with Gasteiger partial charge < -0.3 is 5.32 Å². The van der Waals surface area contributed by atoms with Crippen LogP contribution in [-0.2, 0) is 16.1 Å². The molecule has 6 heteroatoms. The van der Waals surface area contributed by atoms with Crippen molar-refractivity contribution in [3.8, 4) is 0 Å². The molecule has 2 amide bonds. The Morgan fingerprint density at radius 1 is 0.968 bits per heavy atom. The number of carbonyl (C=O) groups is 2. The van der Waals surface area contributed by atoms with Crippen LogP contribution < -0.4 is 5.32 Å². The fourth-order valence-corrected chi connectivity index (χ4v) is 3.90. The van der Waals surface area contributed by atoms with Crippen LogP contribution in [0.25, 0.3) is 5.57 Å². The average molecular weight is 432 g/mol. The molecule has 0 atom stereocenters.